The Kier molecular flexibility index (Phi) is 4.21. The standard InChI is InChI=1S/C12H18F3N3/c1-11(2,18(3)4)8-17-10-7-9(5-6-16-10)12(13,14)15/h5-7H,8H2,1-4H3,(H,16,17). The maximum absolute atomic E-state index is 12.5. The molecule has 0 amide bonds. The minimum Gasteiger partial charge on any atom is -0.368 e. The van der Waals surface area contributed by atoms with Gasteiger partial charge in [-0.3, -0.25) is 0 Å². The van der Waals surface area contributed by atoms with E-state index in [2.05, 4.69) is 10.3 Å². The highest BCUT2D eigenvalue weighted by molar-refractivity contribution is 5.39. The number of likely N-dealkylation sites (N-methyl/N-ethyl adjacent to an activating group) is 1. The van der Waals surface area contributed by atoms with Crippen LogP contribution in [0.2, 0.25) is 0 Å². The molecule has 0 saturated carbocycles. The van der Waals surface area contributed by atoms with Gasteiger partial charge in [-0.2, -0.15) is 13.2 Å². The lowest BCUT2D eigenvalue weighted by molar-refractivity contribution is -0.137. The molecule has 0 unspecified atom stereocenters. The van der Waals surface area contributed by atoms with E-state index in [1.165, 1.54) is 0 Å². The molecule has 0 fully saturated rings. The van der Waals surface area contributed by atoms with Gasteiger partial charge in [0.1, 0.15) is 5.82 Å². The fourth-order valence-corrected chi connectivity index (χ4v) is 1.17. The van der Waals surface area contributed by atoms with E-state index >= 15 is 0 Å². The van der Waals surface area contributed by atoms with Crippen LogP contribution < -0.4 is 5.32 Å². The Labute approximate surface area is 105 Å². The van der Waals surface area contributed by atoms with Gasteiger partial charge in [0.25, 0.3) is 0 Å². The van der Waals surface area contributed by atoms with Crippen molar-refractivity contribution in [1.82, 2.24) is 9.88 Å². The van der Waals surface area contributed by atoms with E-state index in [1.807, 2.05) is 32.8 Å². The third kappa shape index (κ3) is 3.87. The highest BCUT2D eigenvalue weighted by Gasteiger charge is 2.30. The van der Waals surface area contributed by atoms with Crippen molar-refractivity contribution in [3.63, 3.8) is 0 Å². The molecule has 1 aromatic heterocycles. The Bertz CT molecular complexity index is 400. The normalized spacial score (nSPS) is 12.9. The zero-order chi connectivity index (χ0) is 14.0. The molecule has 1 aromatic rings. The summed E-state index contributed by atoms with van der Waals surface area (Å²) in [7, 11) is 3.84. The van der Waals surface area contributed by atoms with Gasteiger partial charge in [-0.1, -0.05) is 0 Å². The molecule has 1 N–H and O–H groups in total. The van der Waals surface area contributed by atoms with E-state index in [0.717, 1.165) is 18.3 Å². The molecule has 0 saturated heterocycles. The van der Waals surface area contributed by atoms with Crippen LogP contribution in [0.5, 0.6) is 0 Å². The van der Waals surface area contributed by atoms with Crippen molar-refractivity contribution >= 4 is 5.82 Å². The third-order valence-corrected chi connectivity index (χ3v) is 3.00. The van der Waals surface area contributed by atoms with Crippen LogP contribution in [0.25, 0.3) is 0 Å². The Morgan fingerprint density at radius 1 is 1.28 bits per heavy atom. The lowest BCUT2D eigenvalue weighted by Crippen LogP contribution is -2.44. The Morgan fingerprint density at radius 2 is 1.89 bits per heavy atom. The summed E-state index contributed by atoms with van der Waals surface area (Å²) in [4.78, 5) is 5.88. The van der Waals surface area contributed by atoms with Gasteiger partial charge in [-0.25, -0.2) is 4.98 Å². The van der Waals surface area contributed by atoms with E-state index in [0.29, 0.717) is 6.54 Å². The number of hydrogen-bond acceptors (Lipinski definition) is 3. The van der Waals surface area contributed by atoms with Gasteiger partial charge in [-0.15, -0.1) is 0 Å². The SMILES string of the molecule is CN(C)C(C)(C)CNc1cc(C(F)(F)F)ccn1. The molecule has 18 heavy (non-hydrogen) atoms. The molecule has 102 valence electrons. The first-order chi connectivity index (χ1) is 8.13. The molecular weight excluding hydrogens is 243 g/mol. The van der Waals surface area contributed by atoms with Gasteiger partial charge < -0.3 is 10.2 Å². The van der Waals surface area contributed by atoms with Gasteiger partial charge in [-0.05, 0) is 40.1 Å². The first-order valence-electron chi connectivity index (χ1n) is 5.57. The molecule has 0 spiro atoms. The number of aromatic nitrogens is 1. The summed E-state index contributed by atoms with van der Waals surface area (Å²) in [6.45, 7) is 4.50. The molecular formula is C12H18F3N3. The van der Waals surface area contributed by atoms with Crippen molar-refractivity contribution in [2.75, 3.05) is 26.0 Å². The maximum atomic E-state index is 12.5. The molecule has 0 bridgehead atoms. The average Bonchev–Trinajstić information content (AvgIpc) is 2.25. The Morgan fingerprint density at radius 3 is 2.39 bits per heavy atom. The summed E-state index contributed by atoms with van der Waals surface area (Å²) >= 11 is 0. The third-order valence-electron chi connectivity index (χ3n) is 3.00. The summed E-state index contributed by atoms with van der Waals surface area (Å²) in [5.74, 6) is 0.236. The highest BCUT2D eigenvalue weighted by atomic mass is 19.4. The predicted molar refractivity (Wildman–Crippen MR) is 65.5 cm³/mol. The Hall–Kier alpha value is -1.30. The summed E-state index contributed by atoms with van der Waals surface area (Å²) in [5.41, 5.74) is -0.863. The number of nitrogens with zero attached hydrogens (tertiary/aromatic N) is 2. The topological polar surface area (TPSA) is 28.2 Å². The van der Waals surface area contributed by atoms with Crippen LogP contribution in [0.4, 0.5) is 19.0 Å². The van der Waals surface area contributed by atoms with Crippen LogP contribution in [-0.4, -0.2) is 36.1 Å². The van der Waals surface area contributed by atoms with Gasteiger partial charge in [0, 0.05) is 18.3 Å². The summed E-state index contributed by atoms with van der Waals surface area (Å²) < 4.78 is 37.5. The van der Waals surface area contributed by atoms with Crippen molar-refractivity contribution in [1.29, 1.82) is 0 Å². The van der Waals surface area contributed by atoms with Gasteiger partial charge in [0.15, 0.2) is 0 Å². The van der Waals surface area contributed by atoms with Crippen LogP contribution in [0, 0.1) is 0 Å². The van der Waals surface area contributed by atoms with E-state index in [4.69, 9.17) is 0 Å². The number of pyridine rings is 1. The number of hydrogen-bond donors (Lipinski definition) is 1. The monoisotopic (exact) mass is 261 g/mol. The largest absolute Gasteiger partial charge is 0.416 e. The molecule has 1 rings (SSSR count). The summed E-state index contributed by atoms with van der Waals surface area (Å²) in [6, 6.07) is 1.98. The minimum atomic E-state index is -4.34. The van der Waals surface area contributed by atoms with Crippen LogP contribution >= 0.6 is 0 Å². The van der Waals surface area contributed by atoms with Gasteiger partial charge in [0.2, 0.25) is 0 Å². The molecule has 3 nitrogen and oxygen atoms in total. The zero-order valence-electron chi connectivity index (χ0n) is 11.0. The molecule has 1 heterocycles. The molecule has 0 aliphatic rings. The summed E-state index contributed by atoms with van der Waals surface area (Å²) in [6.07, 6.45) is -3.18. The second kappa shape index (κ2) is 5.14. The fourth-order valence-electron chi connectivity index (χ4n) is 1.17. The zero-order valence-corrected chi connectivity index (χ0v) is 11.0. The molecule has 0 aliphatic heterocycles. The first-order valence-corrected chi connectivity index (χ1v) is 5.57. The molecule has 6 heteroatoms. The number of alkyl halides is 3. The first kappa shape index (κ1) is 14.8. The van der Waals surface area contributed by atoms with Gasteiger partial charge >= 0.3 is 6.18 Å². The lowest BCUT2D eigenvalue weighted by atomic mass is 10.0. The van der Waals surface area contributed by atoms with E-state index in [9.17, 15) is 13.2 Å². The van der Waals surface area contributed by atoms with Crippen molar-refractivity contribution in [2.45, 2.75) is 25.6 Å². The van der Waals surface area contributed by atoms with Crippen LogP contribution in [0.3, 0.4) is 0 Å². The number of nitrogens with one attached hydrogen (secondary N) is 1. The number of anilines is 1. The number of halogens is 3. The van der Waals surface area contributed by atoms with E-state index in [-0.39, 0.29) is 11.4 Å². The summed E-state index contributed by atoms with van der Waals surface area (Å²) in [5, 5.41) is 2.93. The van der Waals surface area contributed by atoms with Crippen LogP contribution in [0.1, 0.15) is 19.4 Å². The van der Waals surface area contributed by atoms with Crippen LogP contribution in [-0.2, 0) is 6.18 Å². The molecule has 0 radical (unpaired) electrons. The molecule has 0 aromatic carbocycles. The quantitative estimate of drug-likeness (QED) is 0.903. The average molecular weight is 261 g/mol. The van der Waals surface area contributed by atoms with E-state index in [1.54, 1.807) is 0 Å². The van der Waals surface area contributed by atoms with Crippen molar-refractivity contribution in [3.8, 4) is 0 Å². The van der Waals surface area contributed by atoms with Gasteiger partial charge in [0.05, 0.1) is 5.56 Å². The predicted octanol–water partition coefficient (Wildman–Crippen LogP) is 2.85. The molecule has 0 aliphatic carbocycles. The fraction of sp³-hybridized carbons (Fsp3) is 0.583. The van der Waals surface area contributed by atoms with Crippen molar-refractivity contribution < 1.29 is 13.2 Å². The molecule has 0 atom stereocenters. The smallest absolute Gasteiger partial charge is 0.368 e. The van der Waals surface area contributed by atoms with Crippen LogP contribution in [0.15, 0.2) is 18.3 Å². The number of rotatable bonds is 4. The van der Waals surface area contributed by atoms with E-state index < -0.39 is 11.7 Å². The Balaban J connectivity index is 2.75. The highest BCUT2D eigenvalue weighted by Crippen LogP contribution is 2.29. The second-order valence-electron chi connectivity index (χ2n) is 4.99. The van der Waals surface area contributed by atoms with Crippen molar-refractivity contribution in [3.05, 3.63) is 23.9 Å². The van der Waals surface area contributed by atoms with Crippen molar-refractivity contribution in [2.24, 2.45) is 0 Å². The minimum absolute atomic E-state index is 0.171. The lowest BCUT2D eigenvalue weighted by Gasteiger charge is -2.32. The maximum Gasteiger partial charge on any atom is 0.416 e. The second-order valence-corrected chi connectivity index (χ2v) is 4.99.